The standard InChI is InChI=1S/C16H22N2O2S/c1-3-6-12-7-4-5-8-14(12)17-15(19)16(20)18(2)13-9-10-21-11-13/h4-5,7-8,13H,3,6,9-11H2,1-2H3,(H,17,19)/t13-/m0/s1. The van der Waals surface area contributed by atoms with E-state index in [0.29, 0.717) is 0 Å². The molecule has 2 amide bonds. The average molecular weight is 306 g/mol. The molecule has 1 aromatic rings. The number of likely N-dealkylation sites (N-methyl/N-ethyl adjacent to an activating group) is 1. The highest BCUT2D eigenvalue weighted by Gasteiger charge is 2.28. The van der Waals surface area contributed by atoms with Gasteiger partial charge in [0.05, 0.1) is 0 Å². The lowest BCUT2D eigenvalue weighted by Gasteiger charge is -2.23. The number of thioether (sulfide) groups is 1. The van der Waals surface area contributed by atoms with E-state index in [1.165, 1.54) is 0 Å². The molecule has 0 unspecified atom stereocenters. The summed E-state index contributed by atoms with van der Waals surface area (Å²) in [5.74, 6) is 0.984. The second-order valence-corrected chi connectivity index (χ2v) is 6.44. The van der Waals surface area contributed by atoms with E-state index in [0.717, 1.165) is 42.0 Å². The second kappa shape index (κ2) is 7.50. The van der Waals surface area contributed by atoms with Crippen LogP contribution >= 0.6 is 11.8 Å². The molecule has 1 aromatic carbocycles. The number of carbonyl (C=O) groups excluding carboxylic acids is 2. The van der Waals surface area contributed by atoms with Crippen molar-refractivity contribution in [2.24, 2.45) is 0 Å². The van der Waals surface area contributed by atoms with Crippen molar-refractivity contribution in [1.82, 2.24) is 4.90 Å². The number of hydrogen-bond acceptors (Lipinski definition) is 3. The summed E-state index contributed by atoms with van der Waals surface area (Å²) in [5.41, 5.74) is 1.81. The van der Waals surface area contributed by atoms with Crippen molar-refractivity contribution in [3.63, 3.8) is 0 Å². The monoisotopic (exact) mass is 306 g/mol. The first kappa shape index (κ1) is 15.9. The number of amides is 2. The number of hydrogen-bond donors (Lipinski definition) is 1. The van der Waals surface area contributed by atoms with E-state index in [1.54, 1.807) is 11.9 Å². The van der Waals surface area contributed by atoms with Crippen molar-refractivity contribution < 1.29 is 9.59 Å². The van der Waals surface area contributed by atoms with Gasteiger partial charge >= 0.3 is 11.8 Å². The minimum Gasteiger partial charge on any atom is -0.334 e. The third kappa shape index (κ3) is 4.00. The van der Waals surface area contributed by atoms with E-state index in [-0.39, 0.29) is 6.04 Å². The SMILES string of the molecule is CCCc1ccccc1NC(=O)C(=O)N(C)[C@H]1CCSC1. The van der Waals surface area contributed by atoms with Gasteiger partial charge in [0.25, 0.3) is 0 Å². The van der Waals surface area contributed by atoms with Gasteiger partial charge in [-0.2, -0.15) is 11.8 Å². The highest BCUT2D eigenvalue weighted by atomic mass is 32.2. The van der Waals surface area contributed by atoms with E-state index in [9.17, 15) is 9.59 Å². The Kier molecular flexibility index (Phi) is 5.67. The van der Waals surface area contributed by atoms with Gasteiger partial charge in [0, 0.05) is 24.5 Å². The number of nitrogens with one attached hydrogen (secondary N) is 1. The van der Waals surface area contributed by atoms with E-state index in [4.69, 9.17) is 0 Å². The van der Waals surface area contributed by atoms with Gasteiger partial charge in [-0.15, -0.1) is 0 Å². The Morgan fingerprint density at radius 2 is 2.14 bits per heavy atom. The molecule has 0 radical (unpaired) electrons. The predicted octanol–water partition coefficient (Wildman–Crippen LogP) is 2.54. The van der Waals surface area contributed by atoms with Gasteiger partial charge in [0.1, 0.15) is 0 Å². The fraction of sp³-hybridized carbons (Fsp3) is 0.500. The summed E-state index contributed by atoms with van der Waals surface area (Å²) in [5, 5.41) is 2.76. The van der Waals surface area contributed by atoms with Gasteiger partial charge in [0.2, 0.25) is 0 Å². The zero-order valence-corrected chi connectivity index (χ0v) is 13.4. The van der Waals surface area contributed by atoms with Crippen LogP contribution in [0.5, 0.6) is 0 Å². The van der Waals surface area contributed by atoms with Crippen LogP contribution in [0.3, 0.4) is 0 Å². The zero-order chi connectivity index (χ0) is 15.2. The first-order valence-electron chi connectivity index (χ1n) is 7.37. The number of nitrogens with zero attached hydrogens (tertiary/aromatic N) is 1. The number of benzene rings is 1. The van der Waals surface area contributed by atoms with E-state index in [2.05, 4.69) is 12.2 Å². The van der Waals surface area contributed by atoms with Crippen LogP contribution in [-0.4, -0.2) is 41.3 Å². The fourth-order valence-electron chi connectivity index (χ4n) is 2.46. The van der Waals surface area contributed by atoms with Gasteiger partial charge in [-0.3, -0.25) is 9.59 Å². The maximum Gasteiger partial charge on any atom is 0.313 e. The van der Waals surface area contributed by atoms with Gasteiger partial charge in [-0.05, 0) is 30.2 Å². The number of rotatable bonds is 4. The van der Waals surface area contributed by atoms with E-state index < -0.39 is 11.8 Å². The molecule has 0 aliphatic carbocycles. The van der Waals surface area contributed by atoms with Crippen molar-refractivity contribution in [1.29, 1.82) is 0 Å². The van der Waals surface area contributed by atoms with Gasteiger partial charge < -0.3 is 10.2 Å². The van der Waals surface area contributed by atoms with Crippen molar-refractivity contribution in [3.8, 4) is 0 Å². The second-order valence-electron chi connectivity index (χ2n) is 5.29. The molecule has 5 heteroatoms. The summed E-state index contributed by atoms with van der Waals surface area (Å²) in [6, 6.07) is 7.84. The maximum absolute atomic E-state index is 12.2. The minimum atomic E-state index is -0.544. The molecule has 1 atom stereocenters. The molecule has 114 valence electrons. The lowest BCUT2D eigenvalue weighted by atomic mass is 10.1. The molecule has 1 aliphatic heterocycles. The molecule has 2 rings (SSSR count). The molecule has 4 nitrogen and oxygen atoms in total. The van der Waals surface area contributed by atoms with E-state index in [1.807, 2.05) is 36.0 Å². The summed E-state index contributed by atoms with van der Waals surface area (Å²) < 4.78 is 0. The highest BCUT2D eigenvalue weighted by Crippen LogP contribution is 2.22. The molecule has 1 fully saturated rings. The van der Waals surface area contributed by atoms with Crippen LogP contribution < -0.4 is 5.32 Å². The molecule has 21 heavy (non-hydrogen) atoms. The van der Waals surface area contributed by atoms with Gasteiger partial charge in [-0.1, -0.05) is 31.5 Å². The molecular weight excluding hydrogens is 284 g/mol. The van der Waals surface area contributed by atoms with Crippen LogP contribution in [0.15, 0.2) is 24.3 Å². The molecule has 1 aliphatic rings. The van der Waals surface area contributed by atoms with Crippen molar-refractivity contribution in [2.75, 3.05) is 23.9 Å². The van der Waals surface area contributed by atoms with Crippen LogP contribution in [0.25, 0.3) is 0 Å². The molecule has 1 saturated heterocycles. The number of carbonyl (C=O) groups is 2. The van der Waals surface area contributed by atoms with Gasteiger partial charge in [-0.25, -0.2) is 0 Å². The van der Waals surface area contributed by atoms with Crippen LogP contribution in [0.2, 0.25) is 0 Å². The normalized spacial score (nSPS) is 17.5. The Labute approximate surface area is 130 Å². The molecule has 0 bridgehead atoms. The largest absolute Gasteiger partial charge is 0.334 e. The predicted molar refractivity (Wildman–Crippen MR) is 87.6 cm³/mol. The smallest absolute Gasteiger partial charge is 0.313 e. The summed E-state index contributed by atoms with van der Waals surface area (Å²) in [4.78, 5) is 25.9. The Morgan fingerprint density at radius 1 is 1.38 bits per heavy atom. The molecule has 1 heterocycles. The van der Waals surface area contributed by atoms with Crippen LogP contribution in [0.4, 0.5) is 5.69 Å². The van der Waals surface area contributed by atoms with Crippen LogP contribution in [-0.2, 0) is 16.0 Å². The lowest BCUT2D eigenvalue weighted by Crippen LogP contribution is -2.43. The summed E-state index contributed by atoms with van der Waals surface area (Å²) in [6.45, 7) is 2.09. The Hall–Kier alpha value is -1.49. The van der Waals surface area contributed by atoms with Crippen LogP contribution in [0, 0.1) is 0 Å². The highest BCUT2D eigenvalue weighted by molar-refractivity contribution is 7.99. The number of aryl methyl sites for hydroxylation is 1. The molecule has 0 aromatic heterocycles. The molecule has 0 saturated carbocycles. The van der Waals surface area contributed by atoms with Crippen molar-refractivity contribution in [3.05, 3.63) is 29.8 Å². The zero-order valence-electron chi connectivity index (χ0n) is 12.6. The third-order valence-corrected chi connectivity index (χ3v) is 4.90. The molecular formula is C16H22N2O2S. The third-order valence-electron chi connectivity index (χ3n) is 3.75. The summed E-state index contributed by atoms with van der Waals surface area (Å²) >= 11 is 1.83. The van der Waals surface area contributed by atoms with Crippen LogP contribution in [0.1, 0.15) is 25.3 Å². The Balaban J connectivity index is 2.02. The topological polar surface area (TPSA) is 49.4 Å². The van der Waals surface area contributed by atoms with Crippen molar-refractivity contribution >= 4 is 29.3 Å². The average Bonchev–Trinajstić information content (AvgIpc) is 3.02. The quantitative estimate of drug-likeness (QED) is 0.870. The maximum atomic E-state index is 12.2. The van der Waals surface area contributed by atoms with Gasteiger partial charge in [0.15, 0.2) is 0 Å². The Morgan fingerprint density at radius 3 is 2.81 bits per heavy atom. The Bertz CT molecular complexity index is 513. The first-order valence-corrected chi connectivity index (χ1v) is 8.52. The lowest BCUT2D eigenvalue weighted by molar-refractivity contribution is -0.143. The fourth-order valence-corrected chi connectivity index (χ4v) is 3.73. The minimum absolute atomic E-state index is 0.180. The summed E-state index contributed by atoms with van der Waals surface area (Å²) in [7, 11) is 1.72. The number of anilines is 1. The molecule has 0 spiro atoms. The first-order chi connectivity index (χ1) is 10.1. The number of para-hydroxylation sites is 1. The summed E-state index contributed by atoms with van der Waals surface area (Å²) in [6.07, 6.45) is 2.85. The van der Waals surface area contributed by atoms with Crippen molar-refractivity contribution in [2.45, 2.75) is 32.2 Å². The molecule has 1 N–H and O–H groups in total. The van der Waals surface area contributed by atoms with E-state index >= 15 is 0 Å².